The molecule has 1 aliphatic heterocycles. The van der Waals surface area contributed by atoms with E-state index in [1.807, 2.05) is 0 Å². The van der Waals surface area contributed by atoms with E-state index in [1.54, 1.807) is 12.2 Å². The smallest absolute Gasteiger partial charge is 0.247 e. The molecule has 300 valence electrons. The average molecular weight is 767 g/mol. The van der Waals surface area contributed by atoms with Crippen LogP contribution in [-0.4, -0.2) is 113 Å². The first kappa shape index (κ1) is 46.8. The van der Waals surface area contributed by atoms with Gasteiger partial charge in [-0.05, 0) is 57.9 Å². The number of thiol groups is 1. The lowest BCUT2D eigenvalue weighted by atomic mass is 9.92. The van der Waals surface area contributed by atoms with Crippen molar-refractivity contribution in [1.29, 1.82) is 5.41 Å². The topological polar surface area (TPSA) is 337 Å². The Morgan fingerprint density at radius 3 is 2.23 bits per heavy atom. The molecule has 0 saturated carbocycles. The number of amides is 4. The van der Waals surface area contributed by atoms with Crippen LogP contribution in [0.25, 0.3) is 0 Å². The number of guanidine groups is 1. The van der Waals surface area contributed by atoms with E-state index in [-0.39, 0.29) is 67.5 Å². The van der Waals surface area contributed by atoms with Gasteiger partial charge >= 0.3 is 0 Å². The summed E-state index contributed by atoms with van der Waals surface area (Å²) in [6.07, 6.45) is 8.35. The number of nitrogens with zero attached hydrogens (tertiary/aromatic N) is 2. The Kier molecular flexibility index (Phi) is 22.7. The molecule has 0 saturated heterocycles. The molecular weight excluding hydrogens is 705 g/mol. The van der Waals surface area contributed by atoms with E-state index in [0.29, 0.717) is 64.3 Å². The molecule has 0 spiro atoms. The van der Waals surface area contributed by atoms with E-state index < -0.39 is 53.8 Å². The monoisotopic (exact) mass is 766 g/mol. The van der Waals surface area contributed by atoms with E-state index in [0.717, 1.165) is 6.42 Å². The highest BCUT2D eigenvalue weighted by molar-refractivity contribution is 7.80. The van der Waals surface area contributed by atoms with Crippen molar-refractivity contribution in [2.45, 2.75) is 107 Å². The van der Waals surface area contributed by atoms with Crippen LogP contribution in [0, 0.1) is 11.3 Å². The first-order valence-corrected chi connectivity index (χ1v) is 18.7. The minimum Gasteiger partial charge on any atom is -0.511 e. The van der Waals surface area contributed by atoms with E-state index in [2.05, 4.69) is 40.2 Å². The largest absolute Gasteiger partial charge is 0.511 e. The lowest BCUT2D eigenvalue weighted by Crippen LogP contribution is -2.52. The number of nitrogens with one attached hydrogen (secondary N) is 4. The second-order valence-corrected chi connectivity index (χ2v) is 13.5. The summed E-state index contributed by atoms with van der Waals surface area (Å²) in [6, 6.07) is -4.24. The molecule has 6 atom stereocenters. The highest BCUT2D eigenvalue weighted by Crippen LogP contribution is 2.21. The quantitative estimate of drug-likeness (QED) is 0.0108. The average Bonchev–Trinajstić information content (AvgIpc) is 3.60. The lowest BCUT2D eigenvalue weighted by Gasteiger charge is -2.29. The van der Waals surface area contributed by atoms with Crippen molar-refractivity contribution >= 4 is 53.8 Å². The zero-order chi connectivity index (χ0) is 39.9. The van der Waals surface area contributed by atoms with Crippen LogP contribution in [0.15, 0.2) is 29.5 Å². The van der Waals surface area contributed by atoms with Crippen molar-refractivity contribution in [3.05, 3.63) is 24.5 Å². The fourth-order valence-corrected chi connectivity index (χ4v) is 5.82. The van der Waals surface area contributed by atoms with Crippen molar-refractivity contribution in [3.8, 4) is 0 Å². The summed E-state index contributed by atoms with van der Waals surface area (Å²) in [5, 5.41) is 25.6. The highest BCUT2D eigenvalue weighted by atomic mass is 32.1. The standard InChI is InChI=1S/C34H62N12O6S/c1-21(47)25(11-7-17-43-34(40)41)44-32(51)27-12-8-18-46(27)33(52)22(14-15-35)19-28(48)23(36)9-5-6-16-42-31(50)26(45-30(49)24(37)20-53)10-3-2-4-13-29(38)39/h8,12,22-27,47,53H,1-7,9-11,13-20,35-37H2,(H3,38,39)(H,42,50)(H,44,51)(H,45,49)(H4,40,41,43)/t22-,23+,24+,25+,26+,27+/m1/s1. The van der Waals surface area contributed by atoms with Gasteiger partial charge in [0.2, 0.25) is 23.6 Å². The Morgan fingerprint density at radius 1 is 0.925 bits per heavy atom. The van der Waals surface area contributed by atoms with Crippen LogP contribution in [0.2, 0.25) is 0 Å². The molecule has 1 aliphatic rings. The summed E-state index contributed by atoms with van der Waals surface area (Å²) < 4.78 is 0. The van der Waals surface area contributed by atoms with Gasteiger partial charge < -0.3 is 60.4 Å². The molecule has 1 heterocycles. The number of unbranched alkanes of at least 4 members (excludes halogenated alkanes) is 3. The van der Waals surface area contributed by atoms with Crippen LogP contribution in [-0.2, 0) is 24.0 Å². The third kappa shape index (κ3) is 18.4. The maximum absolute atomic E-state index is 13.6. The minimum atomic E-state index is -0.958. The molecule has 0 aliphatic carbocycles. The SMILES string of the molecule is C=C(O)[C@H](CCCN=C(N)N)NC(=O)[C@@H]1C=CCN1C(=O)[C@H](CCN)CC(=O)[C@@H](N)CCCCNC(=O)[C@H](CCCCCC(=N)N)NC(=O)[C@@H](N)CS. The Labute approximate surface area is 317 Å². The van der Waals surface area contributed by atoms with Crippen molar-refractivity contribution in [2.24, 2.45) is 45.3 Å². The number of nitrogens with two attached hydrogens (primary N) is 6. The van der Waals surface area contributed by atoms with Gasteiger partial charge in [-0.15, -0.1) is 0 Å². The van der Waals surface area contributed by atoms with Gasteiger partial charge in [0.05, 0.1) is 24.0 Å². The summed E-state index contributed by atoms with van der Waals surface area (Å²) >= 11 is 4.05. The molecule has 19 heteroatoms. The molecule has 1 rings (SSSR count). The van der Waals surface area contributed by atoms with Crippen LogP contribution in [0.5, 0.6) is 0 Å². The van der Waals surface area contributed by atoms with Crippen molar-refractivity contribution in [3.63, 3.8) is 0 Å². The van der Waals surface area contributed by atoms with E-state index in [4.69, 9.17) is 39.8 Å². The number of carbonyl (C=O) groups excluding carboxylic acids is 5. The molecule has 0 unspecified atom stereocenters. The van der Waals surface area contributed by atoms with E-state index in [9.17, 15) is 29.1 Å². The van der Waals surface area contributed by atoms with Crippen LogP contribution in [0.3, 0.4) is 0 Å². The zero-order valence-electron chi connectivity index (χ0n) is 30.6. The van der Waals surface area contributed by atoms with Gasteiger partial charge in [-0.25, -0.2) is 0 Å². The zero-order valence-corrected chi connectivity index (χ0v) is 31.5. The molecule has 0 aromatic carbocycles. The Bertz CT molecular complexity index is 1290. The molecule has 4 amide bonds. The maximum Gasteiger partial charge on any atom is 0.247 e. The van der Waals surface area contributed by atoms with Crippen LogP contribution in [0.4, 0.5) is 0 Å². The third-order valence-corrected chi connectivity index (χ3v) is 9.14. The number of amidine groups is 1. The predicted molar refractivity (Wildman–Crippen MR) is 209 cm³/mol. The van der Waals surface area contributed by atoms with Crippen molar-refractivity contribution < 1.29 is 29.1 Å². The molecule has 17 N–H and O–H groups in total. The highest BCUT2D eigenvalue weighted by Gasteiger charge is 2.36. The molecule has 0 fully saturated rings. The summed E-state index contributed by atoms with van der Waals surface area (Å²) in [4.78, 5) is 70.5. The fourth-order valence-electron chi connectivity index (χ4n) is 5.66. The van der Waals surface area contributed by atoms with Crippen LogP contribution >= 0.6 is 12.6 Å². The molecule has 0 aromatic heterocycles. The number of Topliss-reactive ketones (excluding diaryl/α,β-unsaturated/α-hetero) is 1. The summed E-state index contributed by atoms with van der Waals surface area (Å²) in [7, 11) is 0. The number of hydrogen-bond donors (Lipinski definition) is 12. The summed E-state index contributed by atoms with van der Waals surface area (Å²) in [5.41, 5.74) is 33.9. The first-order chi connectivity index (χ1) is 25.1. The van der Waals surface area contributed by atoms with Gasteiger partial charge in [-0.1, -0.05) is 31.6 Å². The summed E-state index contributed by atoms with van der Waals surface area (Å²) in [6.45, 7) is 4.41. The number of ketones is 1. The van der Waals surface area contributed by atoms with Gasteiger partial charge in [-0.2, -0.15) is 12.6 Å². The first-order valence-electron chi connectivity index (χ1n) is 18.1. The van der Waals surface area contributed by atoms with Gasteiger partial charge in [0.1, 0.15) is 23.6 Å². The van der Waals surface area contributed by atoms with Crippen molar-refractivity contribution in [1.82, 2.24) is 20.9 Å². The van der Waals surface area contributed by atoms with Gasteiger partial charge in [0.15, 0.2) is 5.96 Å². The van der Waals surface area contributed by atoms with Crippen LogP contribution in [0.1, 0.15) is 77.0 Å². The lowest BCUT2D eigenvalue weighted by molar-refractivity contribution is -0.142. The van der Waals surface area contributed by atoms with Gasteiger partial charge in [0.25, 0.3) is 0 Å². The molecule has 0 bridgehead atoms. The van der Waals surface area contributed by atoms with E-state index in [1.165, 1.54) is 4.90 Å². The maximum atomic E-state index is 13.6. The third-order valence-electron chi connectivity index (χ3n) is 8.74. The number of aliphatic hydroxyl groups excluding tert-OH is 1. The Hall–Kier alpha value is -4.20. The molecule has 53 heavy (non-hydrogen) atoms. The Balaban J connectivity index is 2.68. The number of carbonyl (C=O) groups is 5. The summed E-state index contributed by atoms with van der Waals surface area (Å²) in [5.74, 6) is -2.97. The van der Waals surface area contributed by atoms with Crippen molar-refractivity contribution in [2.75, 3.05) is 31.9 Å². The predicted octanol–water partition coefficient (Wildman–Crippen LogP) is -1.47. The van der Waals surface area contributed by atoms with E-state index >= 15 is 0 Å². The fraction of sp³-hybridized carbons (Fsp3) is 0.676. The molecule has 0 radical (unpaired) electrons. The molecule has 0 aromatic rings. The second-order valence-electron chi connectivity index (χ2n) is 13.2. The normalized spacial score (nSPS) is 16.5. The Morgan fingerprint density at radius 2 is 1.60 bits per heavy atom. The minimum absolute atomic E-state index is 0.0679. The van der Waals surface area contributed by atoms with Gasteiger partial charge in [-0.3, -0.25) is 34.4 Å². The number of rotatable bonds is 28. The van der Waals surface area contributed by atoms with Gasteiger partial charge in [0, 0.05) is 44.1 Å². The number of hydrogen-bond acceptors (Lipinski definition) is 12. The number of aliphatic hydroxyl groups is 1. The van der Waals surface area contributed by atoms with Crippen LogP contribution < -0.4 is 50.4 Å². The second kappa shape index (κ2) is 25.7. The number of aliphatic imine (C=N–C) groups is 1. The molecular formula is C34H62N12O6S. The molecule has 18 nitrogen and oxygen atoms in total.